The van der Waals surface area contributed by atoms with E-state index in [1.165, 1.54) is 5.56 Å². The number of benzene rings is 2. The van der Waals surface area contributed by atoms with Crippen LogP contribution in [0.5, 0.6) is 5.88 Å². The highest BCUT2D eigenvalue weighted by Crippen LogP contribution is 2.24. The third kappa shape index (κ3) is 2.57. The van der Waals surface area contributed by atoms with E-state index in [9.17, 15) is 0 Å². The van der Waals surface area contributed by atoms with Crippen LogP contribution < -0.4 is 4.74 Å². The average Bonchev–Trinajstić information content (AvgIpc) is 2.92. The van der Waals surface area contributed by atoms with E-state index in [1.54, 1.807) is 7.11 Å². The molecule has 2 aromatic carbocycles. The van der Waals surface area contributed by atoms with Gasteiger partial charge in [0.25, 0.3) is 0 Å². The lowest BCUT2D eigenvalue weighted by Gasteiger charge is -2.07. The van der Waals surface area contributed by atoms with E-state index in [1.807, 2.05) is 47.1 Å². The van der Waals surface area contributed by atoms with Crippen molar-refractivity contribution in [2.45, 2.75) is 6.54 Å². The zero-order valence-electron chi connectivity index (χ0n) is 11.4. The fraction of sp³-hybridized carbons (Fsp3) is 0.118. The predicted octanol–water partition coefficient (Wildman–Crippen LogP) is 3.61. The van der Waals surface area contributed by atoms with Gasteiger partial charge < -0.3 is 4.74 Å². The molecule has 0 spiro atoms. The fourth-order valence-corrected chi connectivity index (χ4v) is 2.21. The predicted molar refractivity (Wildman–Crippen MR) is 79.8 cm³/mol. The van der Waals surface area contributed by atoms with Crippen molar-refractivity contribution in [3.63, 3.8) is 0 Å². The Morgan fingerprint density at radius 3 is 2.25 bits per heavy atom. The summed E-state index contributed by atoms with van der Waals surface area (Å²) in [6.07, 6.45) is 0. The maximum absolute atomic E-state index is 5.26. The van der Waals surface area contributed by atoms with Crippen molar-refractivity contribution in [3.05, 3.63) is 72.3 Å². The van der Waals surface area contributed by atoms with Gasteiger partial charge in [0.2, 0.25) is 5.88 Å². The van der Waals surface area contributed by atoms with Gasteiger partial charge in [-0.25, -0.2) is 0 Å². The Hall–Kier alpha value is -2.55. The van der Waals surface area contributed by atoms with Gasteiger partial charge in [-0.05, 0) is 11.1 Å². The first-order chi connectivity index (χ1) is 9.86. The second-order valence-corrected chi connectivity index (χ2v) is 4.58. The van der Waals surface area contributed by atoms with Crippen LogP contribution in [0.15, 0.2) is 66.7 Å². The zero-order valence-corrected chi connectivity index (χ0v) is 11.4. The molecular weight excluding hydrogens is 248 g/mol. The van der Waals surface area contributed by atoms with E-state index in [0.29, 0.717) is 5.88 Å². The van der Waals surface area contributed by atoms with E-state index in [4.69, 9.17) is 4.74 Å². The molecule has 0 aliphatic carbocycles. The summed E-state index contributed by atoms with van der Waals surface area (Å²) in [5, 5.41) is 4.49. The van der Waals surface area contributed by atoms with Crippen molar-refractivity contribution < 1.29 is 4.74 Å². The topological polar surface area (TPSA) is 27.1 Å². The lowest BCUT2D eigenvalue weighted by atomic mass is 10.1. The molecule has 3 aromatic rings. The second-order valence-electron chi connectivity index (χ2n) is 4.58. The number of methoxy groups -OCH3 is 1. The van der Waals surface area contributed by atoms with Gasteiger partial charge in [-0.3, -0.25) is 4.68 Å². The lowest BCUT2D eigenvalue weighted by Crippen LogP contribution is -2.03. The first-order valence-corrected chi connectivity index (χ1v) is 6.58. The first kappa shape index (κ1) is 12.5. The molecule has 0 unspecified atom stereocenters. The Morgan fingerprint density at radius 1 is 0.950 bits per heavy atom. The fourth-order valence-electron chi connectivity index (χ4n) is 2.21. The minimum absolute atomic E-state index is 0.639. The van der Waals surface area contributed by atoms with E-state index in [2.05, 4.69) is 29.4 Å². The minimum atomic E-state index is 0.639. The molecule has 1 aromatic heterocycles. The van der Waals surface area contributed by atoms with Gasteiger partial charge in [0, 0.05) is 6.07 Å². The highest BCUT2D eigenvalue weighted by atomic mass is 16.5. The minimum Gasteiger partial charge on any atom is -0.480 e. The van der Waals surface area contributed by atoms with Crippen LogP contribution in [0.1, 0.15) is 5.56 Å². The molecule has 0 saturated heterocycles. The highest BCUT2D eigenvalue weighted by molar-refractivity contribution is 5.60. The molecule has 0 saturated carbocycles. The molecule has 3 nitrogen and oxygen atoms in total. The molecule has 0 aliphatic heterocycles. The van der Waals surface area contributed by atoms with Crippen molar-refractivity contribution in [2.75, 3.05) is 7.11 Å². The average molecular weight is 264 g/mol. The van der Waals surface area contributed by atoms with Crippen LogP contribution in [0, 0.1) is 0 Å². The maximum atomic E-state index is 5.26. The molecule has 100 valence electrons. The summed E-state index contributed by atoms with van der Waals surface area (Å²) in [5.41, 5.74) is 3.42. The van der Waals surface area contributed by atoms with Crippen molar-refractivity contribution >= 4 is 0 Å². The summed E-state index contributed by atoms with van der Waals surface area (Å²) >= 11 is 0. The molecule has 0 aliphatic rings. The van der Waals surface area contributed by atoms with Gasteiger partial charge in [-0.2, -0.15) is 0 Å². The highest BCUT2D eigenvalue weighted by Gasteiger charge is 2.10. The SMILES string of the molecule is COc1cc(-c2ccccc2)n(Cc2ccccc2)n1. The smallest absolute Gasteiger partial charge is 0.233 e. The molecule has 3 heteroatoms. The molecule has 20 heavy (non-hydrogen) atoms. The molecule has 1 heterocycles. The van der Waals surface area contributed by atoms with Gasteiger partial charge in [0.05, 0.1) is 19.3 Å². The molecule has 0 fully saturated rings. The molecule has 0 bridgehead atoms. The summed E-state index contributed by atoms with van der Waals surface area (Å²) in [6, 6.07) is 22.5. The largest absolute Gasteiger partial charge is 0.480 e. The standard InChI is InChI=1S/C17H16N2O/c1-20-17-12-16(15-10-6-3-7-11-15)19(18-17)13-14-8-4-2-5-9-14/h2-12H,13H2,1H3. The Balaban J connectivity index is 2.00. The van der Waals surface area contributed by atoms with Crippen LogP contribution in [0.4, 0.5) is 0 Å². The van der Waals surface area contributed by atoms with Crippen molar-refractivity contribution in [1.82, 2.24) is 9.78 Å². The summed E-state index contributed by atoms with van der Waals surface area (Å²) in [6.45, 7) is 0.731. The monoisotopic (exact) mass is 264 g/mol. The van der Waals surface area contributed by atoms with Crippen LogP contribution >= 0.6 is 0 Å². The maximum Gasteiger partial charge on any atom is 0.233 e. The van der Waals surface area contributed by atoms with Crippen molar-refractivity contribution in [2.24, 2.45) is 0 Å². The number of hydrogen-bond donors (Lipinski definition) is 0. The first-order valence-electron chi connectivity index (χ1n) is 6.58. The summed E-state index contributed by atoms with van der Waals surface area (Å²) in [4.78, 5) is 0. The van der Waals surface area contributed by atoms with Crippen LogP contribution in [0.3, 0.4) is 0 Å². The Kier molecular flexibility index (Phi) is 3.50. The Morgan fingerprint density at radius 2 is 1.60 bits per heavy atom. The Bertz CT molecular complexity index is 675. The van der Waals surface area contributed by atoms with Crippen LogP contribution in [-0.4, -0.2) is 16.9 Å². The number of ether oxygens (including phenoxy) is 1. The number of aromatic nitrogens is 2. The number of nitrogens with zero attached hydrogens (tertiary/aromatic N) is 2. The summed E-state index contributed by atoms with van der Waals surface area (Å²) in [7, 11) is 1.64. The van der Waals surface area contributed by atoms with Crippen molar-refractivity contribution in [3.8, 4) is 17.1 Å². The van der Waals surface area contributed by atoms with Crippen LogP contribution in [0.2, 0.25) is 0 Å². The molecule has 0 radical (unpaired) electrons. The van der Waals surface area contributed by atoms with E-state index in [0.717, 1.165) is 17.8 Å². The molecular formula is C17H16N2O. The van der Waals surface area contributed by atoms with Crippen LogP contribution in [-0.2, 0) is 6.54 Å². The van der Waals surface area contributed by atoms with Gasteiger partial charge in [-0.15, -0.1) is 5.10 Å². The summed E-state index contributed by atoms with van der Waals surface area (Å²) in [5.74, 6) is 0.639. The van der Waals surface area contributed by atoms with Crippen molar-refractivity contribution in [1.29, 1.82) is 0 Å². The van der Waals surface area contributed by atoms with E-state index >= 15 is 0 Å². The second kappa shape index (κ2) is 5.61. The normalized spacial score (nSPS) is 10.4. The molecule has 0 atom stereocenters. The van der Waals surface area contributed by atoms with Gasteiger partial charge >= 0.3 is 0 Å². The number of hydrogen-bond acceptors (Lipinski definition) is 2. The summed E-state index contributed by atoms with van der Waals surface area (Å²) < 4.78 is 7.24. The van der Waals surface area contributed by atoms with Crippen LogP contribution in [0.25, 0.3) is 11.3 Å². The molecule has 3 rings (SSSR count). The molecule has 0 N–H and O–H groups in total. The third-order valence-corrected chi connectivity index (χ3v) is 3.21. The van der Waals surface area contributed by atoms with E-state index < -0.39 is 0 Å². The van der Waals surface area contributed by atoms with E-state index in [-0.39, 0.29) is 0 Å². The third-order valence-electron chi connectivity index (χ3n) is 3.21. The van der Waals surface area contributed by atoms with Gasteiger partial charge in [0.1, 0.15) is 0 Å². The lowest BCUT2D eigenvalue weighted by molar-refractivity contribution is 0.390. The quantitative estimate of drug-likeness (QED) is 0.720. The van der Waals surface area contributed by atoms with Gasteiger partial charge in [0.15, 0.2) is 0 Å². The van der Waals surface area contributed by atoms with Gasteiger partial charge in [-0.1, -0.05) is 60.7 Å². The molecule has 0 amide bonds. The Labute approximate surface area is 118 Å². The number of rotatable bonds is 4. The zero-order chi connectivity index (χ0) is 13.8.